The zero-order valence-electron chi connectivity index (χ0n) is 13.1. The lowest BCUT2D eigenvalue weighted by Crippen LogP contribution is -1.99. The highest BCUT2D eigenvalue weighted by molar-refractivity contribution is 7.14. The summed E-state index contributed by atoms with van der Waals surface area (Å²) >= 11 is 19.1. The number of rotatable bonds is 4. The Bertz CT molecular complexity index is 884. The Morgan fingerprint density at radius 3 is 2.24 bits per heavy atom. The summed E-state index contributed by atoms with van der Waals surface area (Å²) in [6, 6.07) is 14.6. The molecule has 0 atom stereocenters. The van der Waals surface area contributed by atoms with Crippen LogP contribution in [0.25, 0.3) is 11.3 Å². The van der Waals surface area contributed by atoms with Gasteiger partial charge in [0, 0.05) is 27.8 Å². The number of nitrogens with zero attached hydrogens (tertiary/aromatic N) is 1. The van der Waals surface area contributed by atoms with Crippen LogP contribution in [0.15, 0.2) is 53.9 Å². The molecule has 128 valence electrons. The summed E-state index contributed by atoms with van der Waals surface area (Å²) in [6.45, 7) is 1.55. The maximum absolute atomic E-state index is 11.3. The van der Waals surface area contributed by atoms with E-state index in [4.69, 9.17) is 34.8 Å². The maximum atomic E-state index is 11.3. The average Bonchev–Trinajstić information content (AvgIpc) is 3.03. The molecule has 1 aromatic heterocycles. The van der Waals surface area contributed by atoms with Crippen LogP contribution in [0.2, 0.25) is 0 Å². The molecule has 0 saturated carbocycles. The molecule has 1 N–H and O–H groups in total. The van der Waals surface area contributed by atoms with Crippen molar-refractivity contribution in [2.75, 3.05) is 5.32 Å². The second-order valence-corrected chi connectivity index (χ2v) is 8.51. The predicted molar refractivity (Wildman–Crippen MR) is 107 cm³/mol. The summed E-state index contributed by atoms with van der Waals surface area (Å²) in [5, 5.41) is 5.94. The molecule has 0 unspecified atom stereocenters. The normalized spacial score (nSPS) is 11.4. The van der Waals surface area contributed by atoms with Crippen molar-refractivity contribution in [1.29, 1.82) is 0 Å². The van der Waals surface area contributed by atoms with Gasteiger partial charge in [-0.15, -0.1) is 11.3 Å². The molecule has 0 saturated heterocycles. The van der Waals surface area contributed by atoms with Crippen molar-refractivity contribution in [2.45, 2.75) is 10.7 Å². The summed E-state index contributed by atoms with van der Waals surface area (Å²) in [7, 11) is 0. The van der Waals surface area contributed by atoms with Crippen LogP contribution in [0.3, 0.4) is 0 Å². The minimum atomic E-state index is -1.43. The van der Waals surface area contributed by atoms with Crippen molar-refractivity contribution in [1.82, 2.24) is 4.98 Å². The molecule has 0 aliphatic heterocycles. The number of carbonyl (C=O) groups excluding carboxylic acids is 1. The first-order chi connectivity index (χ1) is 11.8. The molecule has 3 rings (SSSR count). The Kier molecular flexibility index (Phi) is 5.35. The first kappa shape index (κ1) is 18.2. The highest BCUT2D eigenvalue weighted by atomic mass is 35.6. The van der Waals surface area contributed by atoms with Gasteiger partial charge in [-0.25, -0.2) is 4.98 Å². The van der Waals surface area contributed by atoms with Crippen molar-refractivity contribution in [3.05, 3.63) is 65.0 Å². The third kappa shape index (κ3) is 4.53. The molecule has 1 heterocycles. The zero-order valence-corrected chi connectivity index (χ0v) is 16.2. The van der Waals surface area contributed by atoms with E-state index in [9.17, 15) is 4.79 Å². The molecule has 0 bridgehead atoms. The second kappa shape index (κ2) is 7.34. The molecule has 0 amide bonds. The summed E-state index contributed by atoms with van der Waals surface area (Å²) in [5.41, 5.74) is 3.94. The van der Waals surface area contributed by atoms with Gasteiger partial charge in [0.25, 0.3) is 0 Å². The Morgan fingerprint density at radius 2 is 1.68 bits per heavy atom. The van der Waals surface area contributed by atoms with Crippen molar-refractivity contribution < 1.29 is 4.79 Å². The molecule has 3 aromatic rings. The van der Waals surface area contributed by atoms with Gasteiger partial charge in [-0.3, -0.25) is 4.79 Å². The van der Waals surface area contributed by atoms with E-state index in [1.54, 1.807) is 31.2 Å². The fourth-order valence-electron chi connectivity index (χ4n) is 2.21. The Hall–Kier alpha value is -1.59. The number of nitrogens with one attached hydrogen (secondary N) is 1. The number of thiazole rings is 1. The van der Waals surface area contributed by atoms with Crippen molar-refractivity contribution in [3.8, 4) is 11.3 Å². The Labute approximate surface area is 164 Å². The largest absolute Gasteiger partial charge is 0.332 e. The molecule has 7 heteroatoms. The molecule has 0 fully saturated rings. The summed E-state index contributed by atoms with van der Waals surface area (Å²) < 4.78 is -1.43. The third-order valence-corrected chi connectivity index (χ3v) is 4.97. The third-order valence-electron chi connectivity index (χ3n) is 3.55. The standard InChI is InChI=1S/C18H13Cl3N2OS/c1-11(24)12-4-8-15(9-5-12)22-17-23-16(10-25-17)13-2-6-14(7-3-13)18(19,20)21/h2-10H,1H3,(H,22,23). The predicted octanol–water partition coefficient (Wildman–Crippen LogP) is 6.58. The number of ketones is 1. The van der Waals surface area contributed by atoms with Gasteiger partial charge in [-0.2, -0.15) is 0 Å². The molecular weight excluding hydrogens is 399 g/mol. The molecule has 25 heavy (non-hydrogen) atoms. The quantitative estimate of drug-likeness (QED) is 0.389. The van der Waals surface area contributed by atoms with Crippen LogP contribution in [-0.4, -0.2) is 10.8 Å². The fourth-order valence-corrected chi connectivity index (χ4v) is 3.32. The van der Waals surface area contributed by atoms with Crippen LogP contribution in [0, 0.1) is 0 Å². The van der Waals surface area contributed by atoms with Gasteiger partial charge in [0.15, 0.2) is 10.9 Å². The van der Waals surface area contributed by atoms with Crippen LogP contribution in [0.5, 0.6) is 0 Å². The number of aromatic nitrogens is 1. The van der Waals surface area contributed by atoms with E-state index < -0.39 is 3.79 Å². The molecule has 0 spiro atoms. The summed E-state index contributed by atoms with van der Waals surface area (Å²) in [4.78, 5) is 15.9. The lowest BCUT2D eigenvalue weighted by Gasteiger charge is -2.11. The van der Waals surface area contributed by atoms with Gasteiger partial charge < -0.3 is 5.32 Å². The number of halogens is 3. The number of hydrogen-bond acceptors (Lipinski definition) is 4. The Balaban J connectivity index is 1.75. The van der Waals surface area contributed by atoms with E-state index in [1.807, 2.05) is 29.6 Å². The van der Waals surface area contributed by atoms with Gasteiger partial charge >= 0.3 is 0 Å². The number of benzene rings is 2. The van der Waals surface area contributed by atoms with E-state index >= 15 is 0 Å². The second-order valence-electron chi connectivity index (χ2n) is 5.37. The van der Waals surface area contributed by atoms with Gasteiger partial charge in [0.05, 0.1) is 5.69 Å². The number of anilines is 2. The molecular formula is C18H13Cl3N2OS. The minimum absolute atomic E-state index is 0.0430. The number of hydrogen-bond donors (Lipinski definition) is 1. The van der Waals surface area contributed by atoms with Gasteiger partial charge in [-0.1, -0.05) is 59.1 Å². The van der Waals surface area contributed by atoms with Gasteiger partial charge in [0.1, 0.15) is 0 Å². The molecule has 3 nitrogen and oxygen atoms in total. The van der Waals surface area contributed by atoms with Crippen LogP contribution >= 0.6 is 46.1 Å². The first-order valence-corrected chi connectivity index (χ1v) is 9.35. The average molecular weight is 412 g/mol. The maximum Gasteiger partial charge on any atom is 0.216 e. The SMILES string of the molecule is CC(=O)c1ccc(Nc2nc(-c3ccc(C(Cl)(Cl)Cl)cc3)cs2)cc1. The van der Waals surface area contributed by atoms with Crippen molar-refractivity contribution in [3.63, 3.8) is 0 Å². The lowest BCUT2D eigenvalue weighted by atomic mass is 10.1. The highest BCUT2D eigenvalue weighted by Gasteiger charge is 2.22. The highest BCUT2D eigenvalue weighted by Crippen LogP contribution is 2.39. The van der Waals surface area contributed by atoms with E-state index in [2.05, 4.69) is 10.3 Å². The number of Topliss-reactive ketones (excluding diaryl/α,β-unsaturated/α-hetero) is 1. The lowest BCUT2D eigenvalue weighted by molar-refractivity contribution is 0.101. The van der Waals surface area contributed by atoms with E-state index in [-0.39, 0.29) is 5.78 Å². The van der Waals surface area contributed by atoms with Crippen molar-refractivity contribution >= 4 is 62.7 Å². The van der Waals surface area contributed by atoms with Crippen LogP contribution < -0.4 is 5.32 Å². The van der Waals surface area contributed by atoms with E-state index in [0.29, 0.717) is 11.1 Å². The fraction of sp³-hybridized carbons (Fsp3) is 0.111. The van der Waals surface area contributed by atoms with E-state index in [0.717, 1.165) is 22.1 Å². The monoisotopic (exact) mass is 410 g/mol. The van der Waals surface area contributed by atoms with Gasteiger partial charge in [-0.05, 0) is 31.2 Å². The van der Waals surface area contributed by atoms with Crippen LogP contribution in [-0.2, 0) is 3.79 Å². The molecule has 0 aliphatic carbocycles. The number of carbonyl (C=O) groups is 1. The molecule has 0 radical (unpaired) electrons. The molecule has 0 aliphatic rings. The Morgan fingerprint density at radius 1 is 1.04 bits per heavy atom. The van der Waals surface area contributed by atoms with Crippen LogP contribution in [0.1, 0.15) is 22.8 Å². The minimum Gasteiger partial charge on any atom is -0.332 e. The van der Waals surface area contributed by atoms with E-state index in [1.165, 1.54) is 11.3 Å². The topological polar surface area (TPSA) is 42.0 Å². The smallest absolute Gasteiger partial charge is 0.216 e. The first-order valence-electron chi connectivity index (χ1n) is 7.34. The summed E-state index contributed by atoms with van der Waals surface area (Å²) in [6.07, 6.45) is 0. The zero-order chi connectivity index (χ0) is 18.0. The molecule has 2 aromatic carbocycles. The van der Waals surface area contributed by atoms with Gasteiger partial charge in [0.2, 0.25) is 3.79 Å². The van der Waals surface area contributed by atoms with Crippen molar-refractivity contribution in [2.24, 2.45) is 0 Å². The number of alkyl halides is 3. The van der Waals surface area contributed by atoms with Crippen LogP contribution in [0.4, 0.5) is 10.8 Å². The summed E-state index contributed by atoms with van der Waals surface area (Å²) in [5.74, 6) is 0.0430.